The summed E-state index contributed by atoms with van der Waals surface area (Å²) >= 11 is -0.832. The van der Waals surface area contributed by atoms with Crippen molar-refractivity contribution in [2.75, 3.05) is 0 Å². The van der Waals surface area contributed by atoms with E-state index in [9.17, 15) is 3.74 Å². The molecule has 0 radical (unpaired) electrons. The first-order valence-electron chi connectivity index (χ1n) is 2.73. The van der Waals surface area contributed by atoms with Crippen LogP contribution in [0.4, 0.5) is 0 Å². The maximum atomic E-state index is 10.4. The van der Waals surface area contributed by atoms with Crippen LogP contribution in [-0.4, -0.2) is 15.7 Å². The Morgan fingerprint density at radius 2 is 2.22 bits per heavy atom. The zero-order valence-electron chi connectivity index (χ0n) is 5.16. The van der Waals surface area contributed by atoms with E-state index in [1.807, 2.05) is 31.2 Å². The van der Waals surface area contributed by atoms with Crippen molar-refractivity contribution in [1.29, 1.82) is 0 Å². The Kier molecular flexibility index (Phi) is 2.18. The molecule has 0 saturated carbocycles. The second-order valence-electron chi connectivity index (χ2n) is 1.93. The molecule has 1 aromatic carbocycles. The molecule has 0 unspecified atom stereocenters. The Morgan fingerprint density at radius 3 is 2.67 bits per heavy atom. The van der Waals surface area contributed by atoms with Gasteiger partial charge in [0, 0.05) is 0 Å². The fraction of sp³-hybridized carbons (Fsp3) is 0.143. The van der Waals surface area contributed by atoms with Crippen molar-refractivity contribution in [3.63, 3.8) is 0 Å². The summed E-state index contributed by atoms with van der Waals surface area (Å²) < 4.78 is 11.3. The van der Waals surface area contributed by atoms with E-state index in [2.05, 4.69) is 0 Å². The standard InChI is InChI=1S/C7H7AsO/c1-6-3-2-4-7(5-6)8-9/h2-5H,1H3. The molecule has 0 aliphatic carbocycles. The van der Waals surface area contributed by atoms with Crippen molar-refractivity contribution < 1.29 is 3.74 Å². The fourth-order valence-electron chi connectivity index (χ4n) is 0.685. The van der Waals surface area contributed by atoms with Crippen LogP contribution in [0.5, 0.6) is 0 Å². The van der Waals surface area contributed by atoms with E-state index in [1.165, 1.54) is 5.56 Å². The van der Waals surface area contributed by atoms with Gasteiger partial charge in [0.15, 0.2) is 0 Å². The van der Waals surface area contributed by atoms with Gasteiger partial charge in [-0.2, -0.15) is 0 Å². The Morgan fingerprint density at radius 1 is 1.44 bits per heavy atom. The molecule has 9 heavy (non-hydrogen) atoms. The predicted octanol–water partition coefficient (Wildman–Crippen LogP) is 0.670. The molecule has 1 rings (SSSR count). The second-order valence-corrected chi connectivity index (χ2v) is 3.40. The summed E-state index contributed by atoms with van der Waals surface area (Å²) in [6.45, 7) is 2.00. The van der Waals surface area contributed by atoms with Gasteiger partial charge in [0.1, 0.15) is 0 Å². The summed E-state index contributed by atoms with van der Waals surface area (Å²) in [7, 11) is 0. The summed E-state index contributed by atoms with van der Waals surface area (Å²) in [6.07, 6.45) is 0. The van der Waals surface area contributed by atoms with Crippen LogP contribution >= 0.6 is 0 Å². The van der Waals surface area contributed by atoms with Crippen LogP contribution in [-0.2, 0) is 3.74 Å². The topological polar surface area (TPSA) is 17.1 Å². The normalized spacial score (nSPS) is 9.89. The van der Waals surface area contributed by atoms with E-state index in [0.29, 0.717) is 0 Å². The van der Waals surface area contributed by atoms with Gasteiger partial charge < -0.3 is 0 Å². The first kappa shape index (κ1) is 6.70. The van der Waals surface area contributed by atoms with Crippen LogP contribution in [0.3, 0.4) is 0 Å². The summed E-state index contributed by atoms with van der Waals surface area (Å²) in [6, 6.07) is 7.77. The molecule has 0 N–H and O–H groups in total. The molecule has 0 saturated heterocycles. The molecular formula is C7H7AsO. The van der Waals surface area contributed by atoms with Crippen LogP contribution < -0.4 is 4.35 Å². The SMILES string of the molecule is Cc1cccc([As]=O)c1. The Hall–Kier alpha value is -0.422. The predicted molar refractivity (Wildman–Crippen MR) is 37.3 cm³/mol. The summed E-state index contributed by atoms with van der Waals surface area (Å²) in [4.78, 5) is 0. The van der Waals surface area contributed by atoms with E-state index in [1.54, 1.807) is 0 Å². The average Bonchev–Trinajstić information content (AvgIpc) is 1.88. The molecule has 0 aliphatic heterocycles. The number of benzene rings is 1. The third kappa shape index (κ3) is 1.76. The van der Waals surface area contributed by atoms with Gasteiger partial charge in [0.25, 0.3) is 0 Å². The van der Waals surface area contributed by atoms with Crippen molar-refractivity contribution in [1.82, 2.24) is 0 Å². The number of rotatable bonds is 1. The van der Waals surface area contributed by atoms with E-state index in [4.69, 9.17) is 0 Å². The van der Waals surface area contributed by atoms with E-state index in [0.717, 1.165) is 4.35 Å². The molecule has 0 aromatic heterocycles. The maximum absolute atomic E-state index is 10.4. The van der Waals surface area contributed by atoms with Gasteiger partial charge in [-0.1, -0.05) is 0 Å². The Balaban J connectivity index is 3.07. The van der Waals surface area contributed by atoms with Crippen LogP contribution in [0.25, 0.3) is 0 Å². The quantitative estimate of drug-likeness (QED) is 0.583. The zero-order valence-corrected chi connectivity index (χ0v) is 7.04. The van der Waals surface area contributed by atoms with E-state index >= 15 is 0 Å². The van der Waals surface area contributed by atoms with Crippen LogP contribution in [0.15, 0.2) is 24.3 Å². The summed E-state index contributed by atoms with van der Waals surface area (Å²) in [5, 5.41) is 0. The van der Waals surface area contributed by atoms with Gasteiger partial charge in [-0.3, -0.25) is 0 Å². The van der Waals surface area contributed by atoms with Crippen LogP contribution in [0.2, 0.25) is 0 Å². The van der Waals surface area contributed by atoms with Crippen molar-refractivity contribution in [3.05, 3.63) is 29.8 Å². The molecule has 0 atom stereocenters. The molecule has 0 heterocycles. The van der Waals surface area contributed by atoms with Crippen molar-refractivity contribution in [2.45, 2.75) is 6.92 Å². The van der Waals surface area contributed by atoms with Gasteiger partial charge in [0.05, 0.1) is 0 Å². The van der Waals surface area contributed by atoms with Crippen molar-refractivity contribution in [3.8, 4) is 0 Å². The van der Waals surface area contributed by atoms with Gasteiger partial charge in [-0.25, -0.2) is 0 Å². The summed E-state index contributed by atoms with van der Waals surface area (Å²) in [5.41, 5.74) is 1.18. The van der Waals surface area contributed by atoms with Crippen molar-refractivity contribution in [2.24, 2.45) is 0 Å². The first-order chi connectivity index (χ1) is 4.33. The minimum atomic E-state index is -0.832. The molecule has 46 valence electrons. The zero-order chi connectivity index (χ0) is 6.69. The van der Waals surface area contributed by atoms with Crippen molar-refractivity contribution >= 4 is 20.0 Å². The molecule has 0 fully saturated rings. The average molecular weight is 182 g/mol. The number of hydrogen-bond acceptors (Lipinski definition) is 1. The van der Waals surface area contributed by atoms with Crippen LogP contribution in [0.1, 0.15) is 5.56 Å². The molecule has 0 amide bonds. The number of hydrogen-bond donors (Lipinski definition) is 0. The summed E-state index contributed by atoms with van der Waals surface area (Å²) in [5.74, 6) is 0. The number of aryl methyl sites for hydroxylation is 1. The minimum absolute atomic E-state index is 0.832. The Bertz CT molecular complexity index is 220. The molecule has 2 heteroatoms. The molecule has 1 nitrogen and oxygen atoms in total. The van der Waals surface area contributed by atoms with E-state index < -0.39 is 15.7 Å². The van der Waals surface area contributed by atoms with Gasteiger partial charge in [-0.15, -0.1) is 0 Å². The third-order valence-corrected chi connectivity index (χ3v) is 2.13. The molecular weight excluding hydrogens is 175 g/mol. The second kappa shape index (κ2) is 2.93. The van der Waals surface area contributed by atoms with Gasteiger partial charge in [0.2, 0.25) is 0 Å². The molecule has 0 bridgehead atoms. The molecule has 1 aromatic rings. The molecule has 0 spiro atoms. The van der Waals surface area contributed by atoms with Gasteiger partial charge in [-0.05, 0) is 0 Å². The fourth-order valence-corrected chi connectivity index (χ4v) is 1.53. The third-order valence-electron chi connectivity index (χ3n) is 1.11. The molecule has 0 aliphatic rings. The monoisotopic (exact) mass is 182 g/mol. The van der Waals surface area contributed by atoms with Gasteiger partial charge >= 0.3 is 60.5 Å². The van der Waals surface area contributed by atoms with E-state index in [-0.39, 0.29) is 0 Å². The van der Waals surface area contributed by atoms with Crippen LogP contribution in [0, 0.1) is 6.92 Å². The Labute approximate surface area is 61.0 Å². The first-order valence-corrected chi connectivity index (χ1v) is 4.43.